The first-order valence-electron chi connectivity index (χ1n) is 12.7. The minimum atomic E-state index is -0.0639. The zero-order valence-electron chi connectivity index (χ0n) is 20.7. The zero-order chi connectivity index (χ0) is 23.7. The first-order chi connectivity index (χ1) is 16.4. The highest BCUT2D eigenvalue weighted by Gasteiger charge is 2.34. The molecule has 34 heavy (non-hydrogen) atoms. The number of piperidine rings is 1. The number of benzene rings is 1. The second-order valence-corrected chi connectivity index (χ2v) is 10.6. The number of rotatable bonds is 4. The van der Waals surface area contributed by atoms with Crippen molar-refractivity contribution >= 4 is 16.8 Å². The largest absolute Gasteiger partial charge is 0.337 e. The van der Waals surface area contributed by atoms with Gasteiger partial charge >= 0.3 is 0 Å². The average molecular weight is 461 g/mol. The van der Waals surface area contributed by atoms with Crippen molar-refractivity contribution in [3.8, 4) is 0 Å². The van der Waals surface area contributed by atoms with E-state index in [1.165, 1.54) is 10.9 Å². The molecule has 1 amide bonds. The molecule has 1 N–H and O–H groups in total. The van der Waals surface area contributed by atoms with Crippen LogP contribution in [0.3, 0.4) is 0 Å². The highest BCUT2D eigenvalue weighted by atomic mass is 16.2. The van der Waals surface area contributed by atoms with Crippen LogP contribution in [0.1, 0.15) is 66.6 Å². The van der Waals surface area contributed by atoms with Gasteiger partial charge in [0.1, 0.15) is 11.5 Å². The van der Waals surface area contributed by atoms with Crippen LogP contribution in [0, 0.1) is 12.8 Å². The topological polar surface area (TPSA) is 78.0 Å². The standard InChI is InChI=1S/C27H36N6O/c1-19-16-24(30-26(29-19)27(2)10-14-32(3)15-11-27)25(34)33-12-5-6-20(9-13-33)17-21-7-4-8-23-22(21)18-28-31-23/h4,7-8,16,18,20H,5-6,9-15,17H2,1-3H3,(H,28,31)/t20-/m1/s1. The van der Waals surface area contributed by atoms with Gasteiger partial charge in [-0.2, -0.15) is 5.10 Å². The third-order valence-electron chi connectivity index (χ3n) is 7.92. The van der Waals surface area contributed by atoms with Gasteiger partial charge in [-0.1, -0.05) is 19.1 Å². The van der Waals surface area contributed by atoms with Crippen LogP contribution < -0.4 is 0 Å². The molecule has 3 aromatic rings. The lowest BCUT2D eigenvalue weighted by atomic mass is 9.79. The predicted octanol–water partition coefficient (Wildman–Crippen LogP) is 4.13. The Bertz CT molecular complexity index is 1160. The molecule has 0 aliphatic carbocycles. The fourth-order valence-electron chi connectivity index (χ4n) is 5.54. The number of hydrogen-bond donors (Lipinski definition) is 1. The van der Waals surface area contributed by atoms with Crippen LogP contribution in [0.4, 0.5) is 0 Å². The summed E-state index contributed by atoms with van der Waals surface area (Å²) in [6.07, 6.45) is 8.18. The highest BCUT2D eigenvalue weighted by molar-refractivity contribution is 5.92. The van der Waals surface area contributed by atoms with Gasteiger partial charge in [0.05, 0.1) is 11.7 Å². The Balaban J connectivity index is 1.28. The molecular weight excluding hydrogens is 424 g/mol. The van der Waals surface area contributed by atoms with E-state index in [2.05, 4.69) is 47.3 Å². The molecule has 2 aliphatic heterocycles. The van der Waals surface area contributed by atoms with Crippen LogP contribution >= 0.6 is 0 Å². The normalized spacial score (nSPS) is 21.5. The van der Waals surface area contributed by atoms with Gasteiger partial charge in [0.25, 0.3) is 5.91 Å². The Morgan fingerprint density at radius 1 is 1.15 bits per heavy atom. The van der Waals surface area contributed by atoms with Crippen LogP contribution in [0.25, 0.3) is 10.9 Å². The van der Waals surface area contributed by atoms with Gasteiger partial charge in [0.2, 0.25) is 0 Å². The van der Waals surface area contributed by atoms with E-state index in [1.54, 1.807) is 0 Å². The van der Waals surface area contributed by atoms with E-state index >= 15 is 0 Å². The maximum absolute atomic E-state index is 13.5. The van der Waals surface area contributed by atoms with Crippen LogP contribution in [-0.4, -0.2) is 69.1 Å². The molecule has 180 valence electrons. The van der Waals surface area contributed by atoms with Crippen molar-refractivity contribution in [3.05, 3.63) is 53.2 Å². The fourth-order valence-corrected chi connectivity index (χ4v) is 5.54. The van der Waals surface area contributed by atoms with E-state index in [9.17, 15) is 4.79 Å². The number of carbonyl (C=O) groups excluding carboxylic acids is 1. The van der Waals surface area contributed by atoms with Crippen LogP contribution in [0.2, 0.25) is 0 Å². The molecule has 1 atom stereocenters. The van der Waals surface area contributed by atoms with Crippen LogP contribution in [0.5, 0.6) is 0 Å². The van der Waals surface area contributed by atoms with Crippen LogP contribution in [-0.2, 0) is 11.8 Å². The number of fused-ring (bicyclic) bond motifs is 1. The maximum Gasteiger partial charge on any atom is 0.272 e. The number of aryl methyl sites for hydroxylation is 1. The summed E-state index contributed by atoms with van der Waals surface area (Å²) >= 11 is 0. The summed E-state index contributed by atoms with van der Waals surface area (Å²) in [4.78, 5) is 27.5. The lowest BCUT2D eigenvalue weighted by molar-refractivity contribution is 0.0752. The summed E-state index contributed by atoms with van der Waals surface area (Å²) < 4.78 is 0. The van der Waals surface area contributed by atoms with Crippen molar-refractivity contribution < 1.29 is 4.79 Å². The van der Waals surface area contributed by atoms with Crippen molar-refractivity contribution in [2.45, 2.75) is 57.8 Å². The molecule has 7 nitrogen and oxygen atoms in total. The number of likely N-dealkylation sites (tertiary alicyclic amines) is 2. The number of hydrogen-bond acceptors (Lipinski definition) is 5. The van der Waals surface area contributed by atoms with E-state index in [4.69, 9.17) is 9.97 Å². The summed E-state index contributed by atoms with van der Waals surface area (Å²) in [5, 5.41) is 8.49. The fraction of sp³-hybridized carbons (Fsp3) is 0.556. The summed E-state index contributed by atoms with van der Waals surface area (Å²) in [6, 6.07) is 8.25. The quantitative estimate of drug-likeness (QED) is 0.633. The Labute approximate surface area is 202 Å². The monoisotopic (exact) mass is 460 g/mol. The first-order valence-corrected chi connectivity index (χ1v) is 12.7. The van der Waals surface area contributed by atoms with Crippen molar-refractivity contribution in [2.24, 2.45) is 5.92 Å². The number of aromatic amines is 1. The SMILES string of the molecule is Cc1cc(C(=O)N2CCC[C@@H](Cc3cccc4[nH]ncc34)CC2)nc(C2(C)CCN(C)CC2)n1. The molecule has 0 bridgehead atoms. The molecule has 0 unspecified atom stereocenters. The molecule has 2 aliphatic rings. The second-order valence-electron chi connectivity index (χ2n) is 10.6. The maximum atomic E-state index is 13.5. The van der Waals surface area contributed by atoms with Gasteiger partial charge in [0.15, 0.2) is 0 Å². The summed E-state index contributed by atoms with van der Waals surface area (Å²) in [7, 11) is 2.16. The van der Waals surface area contributed by atoms with Crippen molar-refractivity contribution in [3.63, 3.8) is 0 Å². The summed E-state index contributed by atoms with van der Waals surface area (Å²) in [5.41, 5.74) is 3.82. The molecule has 4 heterocycles. The number of amides is 1. The van der Waals surface area contributed by atoms with E-state index in [0.29, 0.717) is 11.6 Å². The lowest BCUT2D eigenvalue weighted by Gasteiger charge is -2.36. The third-order valence-corrected chi connectivity index (χ3v) is 7.92. The van der Waals surface area contributed by atoms with E-state index < -0.39 is 0 Å². The molecule has 0 radical (unpaired) electrons. The van der Waals surface area contributed by atoms with Crippen molar-refractivity contribution in [1.82, 2.24) is 30.0 Å². The minimum absolute atomic E-state index is 0.0564. The molecule has 0 saturated carbocycles. The molecule has 5 rings (SSSR count). The Morgan fingerprint density at radius 2 is 1.97 bits per heavy atom. The van der Waals surface area contributed by atoms with Gasteiger partial charge in [-0.3, -0.25) is 9.89 Å². The highest BCUT2D eigenvalue weighted by Crippen LogP contribution is 2.33. The second kappa shape index (κ2) is 9.45. The van der Waals surface area contributed by atoms with Gasteiger partial charge in [-0.15, -0.1) is 0 Å². The third kappa shape index (κ3) is 4.71. The van der Waals surface area contributed by atoms with E-state index in [-0.39, 0.29) is 11.3 Å². The first kappa shape index (κ1) is 23.0. The molecule has 0 spiro atoms. The number of carbonyl (C=O) groups is 1. The number of nitrogens with one attached hydrogen (secondary N) is 1. The van der Waals surface area contributed by atoms with Gasteiger partial charge in [-0.25, -0.2) is 9.97 Å². The van der Waals surface area contributed by atoms with Gasteiger partial charge < -0.3 is 9.80 Å². The molecule has 1 aromatic carbocycles. The van der Waals surface area contributed by atoms with Crippen LogP contribution in [0.15, 0.2) is 30.5 Å². The van der Waals surface area contributed by atoms with Gasteiger partial charge in [0, 0.05) is 29.6 Å². The van der Waals surface area contributed by atoms with Crippen molar-refractivity contribution in [2.75, 3.05) is 33.2 Å². The Morgan fingerprint density at radius 3 is 2.79 bits per heavy atom. The average Bonchev–Trinajstić information content (AvgIpc) is 3.20. The predicted molar refractivity (Wildman–Crippen MR) is 134 cm³/mol. The number of H-pyrrole nitrogens is 1. The Kier molecular flexibility index (Phi) is 6.38. The molecule has 7 heteroatoms. The van der Waals surface area contributed by atoms with Crippen molar-refractivity contribution in [1.29, 1.82) is 0 Å². The minimum Gasteiger partial charge on any atom is -0.337 e. The summed E-state index contributed by atoms with van der Waals surface area (Å²) in [5.74, 6) is 1.46. The molecule has 2 saturated heterocycles. The smallest absolute Gasteiger partial charge is 0.272 e. The number of nitrogens with zero attached hydrogens (tertiary/aromatic N) is 5. The summed E-state index contributed by atoms with van der Waals surface area (Å²) in [6.45, 7) is 7.89. The van der Waals surface area contributed by atoms with E-state index in [0.717, 1.165) is 81.7 Å². The molecular formula is C27H36N6O. The molecule has 2 fully saturated rings. The lowest BCUT2D eigenvalue weighted by Crippen LogP contribution is -2.40. The number of aromatic nitrogens is 4. The zero-order valence-corrected chi connectivity index (χ0v) is 20.7. The Hall–Kier alpha value is -2.80. The van der Waals surface area contributed by atoms with Gasteiger partial charge in [-0.05, 0) is 89.2 Å². The molecule has 2 aromatic heterocycles. The van der Waals surface area contributed by atoms with E-state index in [1.807, 2.05) is 24.1 Å².